The molecular formula is C20H17N3O4. The molecule has 0 radical (unpaired) electrons. The van der Waals surface area contributed by atoms with Gasteiger partial charge in [0.2, 0.25) is 17.7 Å². The van der Waals surface area contributed by atoms with Gasteiger partial charge in [0, 0.05) is 23.9 Å². The molecule has 1 saturated heterocycles. The first-order chi connectivity index (χ1) is 13.1. The molecule has 136 valence electrons. The summed E-state index contributed by atoms with van der Waals surface area (Å²) in [4.78, 5) is 36.9. The van der Waals surface area contributed by atoms with Crippen molar-refractivity contribution < 1.29 is 18.9 Å². The largest absolute Gasteiger partial charge is 0.356 e. The highest BCUT2D eigenvalue weighted by molar-refractivity contribution is 6.01. The van der Waals surface area contributed by atoms with Crippen molar-refractivity contribution in [3.63, 3.8) is 0 Å². The van der Waals surface area contributed by atoms with Crippen LogP contribution in [0, 0.1) is 0 Å². The molecule has 27 heavy (non-hydrogen) atoms. The number of nitrogens with zero attached hydrogens (tertiary/aromatic N) is 2. The minimum Gasteiger partial charge on any atom is -0.356 e. The lowest BCUT2D eigenvalue weighted by atomic mass is 10.1. The molecule has 1 aromatic heterocycles. The van der Waals surface area contributed by atoms with E-state index in [-0.39, 0.29) is 43.5 Å². The number of hydrogen-bond donors (Lipinski definition) is 1. The Balaban J connectivity index is 1.38. The Morgan fingerprint density at radius 1 is 1.04 bits per heavy atom. The monoisotopic (exact) mass is 363 g/mol. The van der Waals surface area contributed by atoms with Gasteiger partial charge in [-0.2, -0.15) is 0 Å². The van der Waals surface area contributed by atoms with Gasteiger partial charge in [0.25, 0.3) is 0 Å². The van der Waals surface area contributed by atoms with Crippen LogP contribution in [0.5, 0.6) is 0 Å². The Bertz CT molecular complexity index is 1010. The van der Waals surface area contributed by atoms with Gasteiger partial charge in [0.05, 0.1) is 13.0 Å². The summed E-state index contributed by atoms with van der Waals surface area (Å²) in [7, 11) is 0. The molecule has 0 aliphatic carbocycles. The summed E-state index contributed by atoms with van der Waals surface area (Å²) in [5, 5.41) is 7.59. The molecule has 0 bridgehead atoms. The summed E-state index contributed by atoms with van der Waals surface area (Å²) in [5.41, 5.74) is 2.70. The molecule has 1 aliphatic rings. The molecule has 0 saturated carbocycles. The summed E-state index contributed by atoms with van der Waals surface area (Å²) in [5.74, 6) is -0.485. The summed E-state index contributed by atoms with van der Waals surface area (Å²) < 4.78 is 5.21. The minimum absolute atomic E-state index is 0.107. The number of carbonyl (C=O) groups is 3. The van der Waals surface area contributed by atoms with Gasteiger partial charge in [-0.05, 0) is 29.8 Å². The minimum atomic E-state index is -0.202. The molecule has 1 N–H and O–H groups in total. The fourth-order valence-electron chi connectivity index (χ4n) is 3.10. The van der Waals surface area contributed by atoms with Crippen LogP contribution in [0.4, 0.5) is 5.69 Å². The molecule has 1 fully saturated rings. The van der Waals surface area contributed by atoms with Crippen molar-refractivity contribution in [1.82, 2.24) is 10.1 Å². The summed E-state index contributed by atoms with van der Waals surface area (Å²) in [6, 6.07) is 14.5. The van der Waals surface area contributed by atoms with Gasteiger partial charge in [0.1, 0.15) is 5.69 Å². The van der Waals surface area contributed by atoms with Gasteiger partial charge >= 0.3 is 0 Å². The molecule has 2 heterocycles. The normalized spacial score (nSPS) is 14.1. The number of fused-ring (bicyclic) bond motifs is 1. The van der Waals surface area contributed by atoms with Crippen LogP contribution in [0.1, 0.15) is 24.1 Å². The maximum Gasteiger partial charge on any atom is 0.230 e. The quantitative estimate of drug-likeness (QED) is 0.704. The SMILES string of the molecule is O=C(Cc1noc2ccccc12)Nc1ccc(CN2C(=O)CCC2=O)cc1. The molecule has 0 unspecified atom stereocenters. The zero-order valence-corrected chi connectivity index (χ0v) is 14.5. The third kappa shape index (κ3) is 3.57. The van der Waals surface area contributed by atoms with Crippen molar-refractivity contribution in [2.45, 2.75) is 25.8 Å². The van der Waals surface area contributed by atoms with E-state index in [0.29, 0.717) is 17.0 Å². The van der Waals surface area contributed by atoms with Crippen molar-refractivity contribution in [3.05, 3.63) is 59.8 Å². The average Bonchev–Trinajstić information content (AvgIpc) is 3.21. The molecule has 7 nitrogen and oxygen atoms in total. The molecule has 1 aliphatic heterocycles. The van der Waals surface area contributed by atoms with Crippen LogP contribution in [0.15, 0.2) is 53.1 Å². The molecule has 3 aromatic rings. The van der Waals surface area contributed by atoms with Crippen LogP contribution >= 0.6 is 0 Å². The van der Waals surface area contributed by atoms with Crippen LogP contribution in [0.25, 0.3) is 11.0 Å². The zero-order valence-electron chi connectivity index (χ0n) is 14.5. The van der Waals surface area contributed by atoms with Gasteiger partial charge < -0.3 is 9.84 Å². The predicted molar refractivity (Wildman–Crippen MR) is 97.6 cm³/mol. The predicted octanol–water partition coefficient (Wildman–Crippen LogP) is 2.66. The Labute approximate surface area is 154 Å². The van der Waals surface area contributed by atoms with Crippen LogP contribution in [0.2, 0.25) is 0 Å². The number of nitrogens with one attached hydrogen (secondary N) is 1. The number of para-hydroxylation sites is 1. The van der Waals surface area contributed by atoms with Crippen molar-refractivity contribution >= 4 is 34.4 Å². The second-order valence-corrected chi connectivity index (χ2v) is 6.42. The average molecular weight is 363 g/mol. The first-order valence-electron chi connectivity index (χ1n) is 8.65. The number of imide groups is 1. The summed E-state index contributed by atoms with van der Waals surface area (Å²) in [6.45, 7) is 0.261. The first-order valence-corrected chi connectivity index (χ1v) is 8.65. The van der Waals surface area contributed by atoms with Crippen molar-refractivity contribution in [2.24, 2.45) is 0 Å². The van der Waals surface area contributed by atoms with E-state index in [9.17, 15) is 14.4 Å². The molecule has 2 aromatic carbocycles. The number of aromatic nitrogens is 1. The number of amides is 3. The Morgan fingerprint density at radius 3 is 2.48 bits per heavy atom. The highest BCUT2D eigenvalue weighted by atomic mass is 16.5. The highest BCUT2D eigenvalue weighted by Crippen LogP contribution is 2.20. The Morgan fingerprint density at radius 2 is 1.74 bits per heavy atom. The van der Waals surface area contributed by atoms with Crippen LogP contribution < -0.4 is 5.32 Å². The van der Waals surface area contributed by atoms with Gasteiger partial charge in [-0.15, -0.1) is 0 Å². The van der Waals surface area contributed by atoms with Gasteiger partial charge in [-0.25, -0.2) is 0 Å². The standard InChI is InChI=1S/C20H17N3O4/c24-18(11-16-15-3-1-2-4-17(15)27-22-16)21-14-7-5-13(6-8-14)12-23-19(25)9-10-20(23)26/h1-8H,9-12H2,(H,21,24). The first kappa shape index (κ1) is 17.0. The fourth-order valence-corrected chi connectivity index (χ4v) is 3.10. The van der Waals surface area contributed by atoms with Crippen LogP contribution in [0.3, 0.4) is 0 Å². The number of rotatable bonds is 5. The van der Waals surface area contributed by atoms with E-state index in [0.717, 1.165) is 10.9 Å². The zero-order chi connectivity index (χ0) is 18.8. The second-order valence-electron chi connectivity index (χ2n) is 6.42. The lowest BCUT2D eigenvalue weighted by Crippen LogP contribution is -2.28. The Kier molecular flexibility index (Phi) is 4.42. The topological polar surface area (TPSA) is 92.5 Å². The summed E-state index contributed by atoms with van der Waals surface area (Å²) in [6.07, 6.45) is 0.670. The van der Waals surface area contributed by atoms with E-state index in [1.165, 1.54) is 4.90 Å². The number of carbonyl (C=O) groups excluding carboxylic acids is 3. The van der Waals surface area contributed by atoms with E-state index in [2.05, 4.69) is 10.5 Å². The highest BCUT2D eigenvalue weighted by Gasteiger charge is 2.28. The molecule has 4 rings (SSSR count). The number of benzene rings is 2. The maximum absolute atomic E-state index is 12.3. The third-order valence-electron chi connectivity index (χ3n) is 4.51. The summed E-state index contributed by atoms with van der Waals surface area (Å²) >= 11 is 0. The number of anilines is 1. The lowest BCUT2D eigenvalue weighted by molar-refractivity contribution is -0.139. The molecule has 0 spiro atoms. The molecule has 3 amide bonds. The number of likely N-dealkylation sites (tertiary alicyclic amines) is 1. The second kappa shape index (κ2) is 7.03. The fraction of sp³-hybridized carbons (Fsp3) is 0.200. The van der Waals surface area contributed by atoms with Gasteiger partial charge in [-0.3, -0.25) is 19.3 Å². The molecule has 0 atom stereocenters. The number of hydrogen-bond acceptors (Lipinski definition) is 5. The van der Waals surface area contributed by atoms with E-state index in [1.54, 1.807) is 30.3 Å². The van der Waals surface area contributed by atoms with Crippen LogP contribution in [-0.4, -0.2) is 27.8 Å². The van der Waals surface area contributed by atoms with E-state index < -0.39 is 0 Å². The maximum atomic E-state index is 12.3. The van der Waals surface area contributed by atoms with Gasteiger partial charge in [0.15, 0.2) is 5.58 Å². The van der Waals surface area contributed by atoms with E-state index in [4.69, 9.17) is 4.52 Å². The van der Waals surface area contributed by atoms with Crippen molar-refractivity contribution in [2.75, 3.05) is 5.32 Å². The molecular weight excluding hydrogens is 346 g/mol. The van der Waals surface area contributed by atoms with Crippen molar-refractivity contribution in [1.29, 1.82) is 0 Å². The third-order valence-corrected chi connectivity index (χ3v) is 4.51. The smallest absolute Gasteiger partial charge is 0.230 e. The van der Waals surface area contributed by atoms with Crippen LogP contribution in [-0.2, 0) is 27.3 Å². The van der Waals surface area contributed by atoms with Crippen molar-refractivity contribution in [3.8, 4) is 0 Å². The Hall–Kier alpha value is -3.48. The van der Waals surface area contributed by atoms with E-state index in [1.807, 2.05) is 18.2 Å². The lowest BCUT2D eigenvalue weighted by Gasteiger charge is -2.14. The molecule has 7 heteroatoms. The van der Waals surface area contributed by atoms with E-state index >= 15 is 0 Å². The van der Waals surface area contributed by atoms with Gasteiger partial charge in [-0.1, -0.05) is 29.4 Å².